The Bertz CT molecular complexity index is 3390. The molecule has 10 aromatic carbocycles. The van der Waals surface area contributed by atoms with Crippen LogP contribution < -0.4 is 4.90 Å². The maximum Gasteiger partial charge on any atom is 0.0713 e. The summed E-state index contributed by atoms with van der Waals surface area (Å²) in [5.41, 5.74) is 15.9. The molecule has 11 aromatic rings. The number of aromatic nitrogens is 1. The SMILES string of the molecule is Clc1cc(-c2cccc3c2c2ccc4ccccc4c2n3-c2ccc3c(c2)-c2ccccc2C3(c2ccccc2)c2ccccc2)cc(N(c2ccccc2)c2ccccc2)c1. The molecule has 1 aliphatic rings. The quantitative estimate of drug-likeness (QED) is 0.156. The molecule has 1 aliphatic carbocycles. The molecule has 0 fully saturated rings. The Hall–Kier alpha value is -7.65. The summed E-state index contributed by atoms with van der Waals surface area (Å²) in [5, 5.41) is 5.48. The third-order valence-corrected chi connectivity index (χ3v) is 13.1. The van der Waals surface area contributed by atoms with E-state index in [0.717, 1.165) is 39.4 Å². The maximum atomic E-state index is 7.14. The lowest BCUT2D eigenvalue weighted by Crippen LogP contribution is -2.28. The maximum absolute atomic E-state index is 7.14. The number of fused-ring (bicyclic) bond motifs is 8. The van der Waals surface area contributed by atoms with Gasteiger partial charge in [-0.25, -0.2) is 0 Å². The van der Waals surface area contributed by atoms with Gasteiger partial charge in [0.15, 0.2) is 0 Å². The van der Waals surface area contributed by atoms with Crippen LogP contribution in [0.2, 0.25) is 5.02 Å². The van der Waals surface area contributed by atoms with Gasteiger partial charge in [0.1, 0.15) is 0 Å². The number of hydrogen-bond donors (Lipinski definition) is 0. The highest BCUT2D eigenvalue weighted by atomic mass is 35.5. The summed E-state index contributed by atoms with van der Waals surface area (Å²) in [7, 11) is 0. The summed E-state index contributed by atoms with van der Waals surface area (Å²) >= 11 is 7.14. The second kappa shape index (κ2) is 14.5. The molecule has 0 amide bonds. The first-order valence-electron chi connectivity index (χ1n) is 21.2. The van der Waals surface area contributed by atoms with E-state index in [2.05, 4.69) is 246 Å². The highest BCUT2D eigenvalue weighted by Gasteiger charge is 2.46. The van der Waals surface area contributed by atoms with E-state index in [1.165, 1.54) is 60.4 Å². The van der Waals surface area contributed by atoms with E-state index in [9.17, 15) is 0 Å². The molecule has 0 saturated heterocycles. The van der Waals surface area contributed by atoms with Crippen LogP contribution in [0.15, 0.2) is 237 Å². The van der Waals surface area contributed by atoms with Gasteiger partial charge in [0, 0.05) is 43.9 Å². The van der Waals surface area contributed by atoms with Gasteiger partial charge in [-0.1, -0.05) is 188 Å². The summed E-state index contributed by atoms with van der Waals surface area (Å²) in [6.45, 7) is 0. The van der Waals surface area contributed by atoms with Gasteiger partial charge in [-0.3, -0.25) is 0 Å². The van der Waals surface area contributed by atoms with Gasteiger partial charge in [-0.2, -0.15) is 0 Å². The molecule has 1 aromatic heterocycles. The van der Waals surface area contributed by atoms with Gasteiger partial charge in [0.05, 0.1) is 16.4 Å². The number of halogens is 1. The highest BCUT2D eigenvalue weighted by molar-refractivity contribution is 6.31. The largest absolute Gasteiger partial charge is 0.310 e. The molecule has 0 saturated carbocycles. The molecule has 3 heteroatoms. The smallest absolute Gasteiger partial charge is 0.0713 e. The number of benzene rings is 10. The van der Waals surface area contributed by atoms with E-state index in [1.807, 2.05) is 0 Å². The van der Waals surface area contributed by atoms with Crippen molar-refractivity contribution in [2.45, 2.75) is 5.41 Å². The lowest BCUT2D eigenvalue weighted by Gasteiger charge is -2.33. The molecular formula is C59H39ClN2. The van der Waals surface area contributed by atoms with Crippen molar-refractivity contribution in [3.05, 3.63) is 264 Å². The zero-order valence-electron chi connectivity index (χ0n) is 33.8. The molecule has 0 radical (unpaired) electrons. The third-order valence-electron chi connectivity index (χ3n) is 12.9. The van der Waals surface area contributed by atoms with Crippen LogP contribution in [-0.2, 0) is 5.41 Å². The predicted molar refractivity (Wildman–Crippen MR) is 261 cm³/mol. The van der Waals surface area contributed by atoms with Crippen molar-refractivity contribution in [1.82, 2.24) is 4.57 Å². The van der Waals surface area contributed by atoms with Crippen LogP contribution in [0.25, 0.3) is 60.5 Å². The fourth-order valence-corrected chi connectivity index (χ4v) is 10.6. The van der Waals surface area contributed by atoms with Crippen LogP contribution in [0.4, 0.5) is 17.1 Å². The van der Waals surface area contributed by atoms with Gasteiger partial charge >= 0.3 is 0 Å². The molecule has 1 heterocycles. The van der Waals surface area contributed by atoms with Crippen LogP contribution in [0, 0.1) is 0 Å². The molecule has 0 atom stereocenters. The number of hydrogen-bond acceptors (Lipinski definition) is 1. The first-order valence-corrected chi connectivity index (χ1v) is 21.6. The van der Waals surface area contributed by atoms with E-state index >= 15 is 0 Å². The Labute approximate surface area is 366 Å². The molecule has 0 N–H and O–H groups in total. The van der Waals surface area contributed by atoms with Crippen molar-refractivity contribution in [2.75, 3.05) is 4.90 Å². The topological polar surface area (TPSA) is 8.17 Å². The summed E-state index contributed by atoms with van der Waals surface area (Å²) in [5.74, 6) is 0. The molecule has 12 rings (SSSR count). The first kappa shape index (κ1) is 36.2. The minimum absolute atomic E-state index is 0.467. The lowest BCUT2D eigenvalue weighted by atomic mass is 9.68. The van der Waals surface area contributed by atoms with Crippen molar-refractivity contribution >= 4 is 61.2 Å². The zero-order chi connectivity index (χ0) is 41.2. The Morgan fingerprint density at radius 3 is 1.71 bits per heavy atom. The van der Waals surface area contributed by atoms with Crippen LogP contribution in [0.3, 0.4) is 0 Å². The average molecular weight is 811 g/mol. The van der Waals surface area contributed by atoms with Gasteiger partial charge in [0.2, 0.25) is 0 Å². The van der Waals surface area contributed by atoms with Gasteiger partial charge < -0.3 is 9.47 Å². The molecule has 0 spiro atoms. The minimum Gasteiger partial charge on any atom is -0.310 e. The molecule has 292 valence electrons. The van der Waals surface area contributed by atoms with Gasteiger partial charge in [0.25, 0.3) is 0 Å². The normalized spacial score (nSPS) is 12.7. The van der Waals surface area contributed by atoms with Crippen LogP contribution in [0.1, 0.15) is 22.3 Å². The Balaban J connectivity index is 1.12. The molecule has 2 nitrogen and oxygen atoms in total. The van der Waals surface area contributed by atoms with Crippen molar-refractivity contribution in [1.29, 1.82) is 0 Å². The van der Waals surface area contributed by atoms with Crippen LogP contribution in [-0.4, -0.2) is 4.57 Å². The molecular weight excluding hydrogens is 772 g/mol. The van der Waals surface area contributed by atoms with E-state index in [4.69, 9.17) is 11.6 Å². The number of para-hydroxylation sites is 2. The second-order valence-electron chi connectivity index (χ2n) is 16.2. The lowest BCUT2D eigenvalue weighted by molar-refractivity contribution is 0.768. The van der Waals surface area contributed by atoms with Crippen molar-refractivity contribution in [3.8, 4) is 27.9 Å². The van der Waals surface area contributed by atoms with Crippen LogP contribution in [0.5, 0.6) is 0 Å². The molecule has 0 aliphatic heterocycles. The van der Waals surface area contributed by atoms with Gasteiger partial charge in [-0.15, -0.1) is 0 Å². The van der Waals surface area contributed by atoms with E-state index in [-0.39, 0.29) is 0 Å². The summed E-state index contributed by atoms with van der Waals surface area (Å²) in [4.78, 5) is 2.28. The van der Waals surface area contributed by atoms with Crippen molar-refractivity contribution in [3.63, 3.8) is 0 Å². The zero-order valence-corrected chi connectivity index (χ0v) is 34.5. The Kier molecular flexibility index (Phi) is 8.48. The van der Waals surface area contributed by atoms with E-state index in [0.29, 0.717) is 5.02 Å². The predicted octanol–water partition coefficient (Wildman–Crippen LogP) is 16.1. The Morgan fingerprint density at radius 2 is 1.00 bits per heavy atom. The Morgan fingerprint density at radius 1 is 0.403 bits per heavy atom. The third kappa shape index (κ3) is 5.51. The summed E-state index contributed by atoms with van der Waals surface area (Å²) in [6, 6.07) is 85.7. The molecule has 0 unspecified atom stereocenters. The molecule has 62 heavy (non-hydrogen) atoms. The van der Waals surface area contributed by atoms with Gasteiger partial charge in [-0.05, 0) is 111 Å². The minimum atomic E-state index is -0.467. The second-order valence-corrected chi connectivity index (χ2v) is 16.6. The standard InChI is InChI=1S/C59H39ClN2/c60-44-36-41(37-48(38-44)61(45-23-9-3-10-24-45)46-25-11-4-12-26-46)49-29-17-31-56-57(49)52-34-32-40-18-13-14-27-50(40)58(52)62(56)47-33-35-55-53(39-47)51-28-15-16-30-54(51)59(55,42-19-5-1-6-20-42)43-21-7-2-8-22-43/h1-39H. The van der Waals surface area contributed by atoms with E-state index in [1.54, 1.807) is 0 Å². The molecule has 0 bridgehead atoms. The first-order chi connectivity index (χ1) is 30.7. The number of anilines is 3. The number of rotatable bonds is 7. The monoisotopic (exact) mass is 810 g/mol. The summed E-state index contributed by atoms with van der Waals surface area (Å²) in [6.07, 6.45) is 0. The average Bonchev–Trinajstić information content (AvgIpc) is 3.84. The van der Waals surface area contributed by atoms with Crippen LogP contribution >= 0.6 is 11.6 Å². The summed E-state index contributed by atoms with van der Waals surface area (Å²) < 4.78 is 2.50. The fourth-order valence-electron chi connectivity index (χ4n) is 10.4. The number of nitrogens with zero attached hydrogens (tertiary/aromatic N) is 2. The van der Waals surface area contributed by atoms with Crippen molar-refractivity contribution in [2.24, 2.45) is 0 Å². The van der Waals surface area contributed by atoms with Crippen molar-refractivity contribution < 1.29 is 0 Å². The highest BCUT2D eigenvalue weighted by Crippen LogP contribution is 2.57. The van der Waals surface area contributed by atoms with E-state index < -0.39 is 5.41 Å². The fraction of sp³-hybridized carbons (Fsp3) is 0.0169.